The van der Waals surface area contributed by atoms with Crippen molar-refractivity contribution in [1.82, 2.24) is 4.90 Å². The highest BCUT2D eigenvalue weighted by molar-refractivity contribution is 5.02. The number of hydrogen-bond donors (Lipinski definition) is 1. The maximum atomic E-state index is 6.07. The lowest BCUT2D eigenvalue weighted by atomic mass is 10.1. The van der Waals surface area contributed by atoms with Gasteiger partial charge in [0.1, 0.15) is 0 Å². The lowest BCUT2D eigenvalue weighted by Gasteiger charge is -2.30. The molecule has 64 valence electrons. The topological polar surface area (TPSA) is 29.3 Å². The molecule has 3 atom stereocenters. The molecule has 0 amide bonds. The van der Waals surface area contributed by atoms with Gasteiger partial charge >= 0.3 is 0 Å². The molecule has 0 aromatic heterocycles. The normalized spacial score (nSPS) is 44.2. The third-order valence-corrected chi connectivity index (χ3v) is 3.36. The van der Waals surface area contributed by atoms with Crippen LogP contribution in [0, 0.1) is 5.92 Å². The number of rotatable bonds is 1. The van der Waals surface area contributed by atoms with Gasteiger partial charge in [-0.1, -0.05) is 0 Å². The first-order valence-electron chi connectivity index (χ1n) is 4.71. The summed E-state index contributed by atoms with van der Waals surface area (Å²) in [6.07, 6.45) is 2.71. The summed E-state index contributed by atoms with van der Waals surface area (Å²) >= 11 is 0. The highest BCUT2D eigenvalue weighted by atomic mass is 15.2. The van der Waals surface area contributed by atoms with Gasteiger partial charge in [-0.05, 0) is 32.6 Å². The van der Waals surface area contributed by atoms with Crippen LogP contribution in [0.25, 0.3) is 0 Å². The summed E-state index contributed by atoms with van der Waals surface area (Å²) in [6.45, 7) is 5.80. The summed E-state index contributed by atoms with van der Waals surface area (Å²) in [7, 11) is 0. The van der Waals surface area contributed by atoms with Crippen LogP contribution >= 0.6 is 0 Å². The molecular weight excluding hydrogens is 136 g/mol. The molecule has 0 radical (unpaired) electrons. The zero-order chi connectivity index (χ0) is 8.01. The van der Waals surface area contributed by atoms with Gasteiger partial charge < -0.3 is 5.73 Å². The van der Waals surface area contributed by atoms with Crippen molar-refractivity contribution in [2.45, 2.75) is 44.8 Å². The van der Waals surface area contributed by atoms with Crippen molar-refractivity contribution in [2.75, 3.05) is 6.54 Å². The predicted octanol–water partition coefficient (Wildman–Crippen LogP) is 0.816. The first-order chi connectivity index (χ1) is 5.20. The van der Waals surface area contributed by atoms with E-state index in [0.29, 0.717) is 18.1 Å². The Kier molecular flexibility index (Phi) is 1.69. The van der Waals surface area contributed by atoms with Crippen LogP contribution in [0.15, 0.2) is 0 Å². The number of nitrogens with zero attached hydrogens (tertiary/aromatic N) is 1. The zero-order valence-corrected chi connectivity index (χ0v) is 7.46. The van der Waals surface area contributed by atoms with E-state index in [2.05, 4.69) is 18.7 Å². The molecule has 0 aromatic carbocycles. The van der Waals surface area contributed by atoms with Crippen molar-refractivity contribution in [2.24, 2.45) is 11.7 Å². The van der Waals surface area contributed by atoms with Crippen LogP contribution in [0.5, 0.6) is 0 Å². The molecule has 2 aliphatic rings. The minimum atomic E-state index is 0.484. The van der Waals surface area contributed by atoms with Gasteiger partial charge in [0.25, 0.3) is 0 Å². The Morgan fingerprint density at radius 1 is 1.36 bits per heavy atom. The van der Waals surface area contributed by atoms with E-state index in [9.17, 15) is 0 Å². The minimum Gasteiger partial charge on any atom is -0.326 e. The van der Waals surface area contributed by atoms with Crippen LogP contribution in [-0.2, 0) is 0 Å². The molecule has 2 nitrogen and oxygen atoms in total. The highest BCUT2D eigenvalue weighted by Crippen LogP contribution is 2.37. The van der Waals surface area contributed by atoms with Crippen molar-refractivity contribution in [3.05, 3.63) is 0 Å². The van der Waals surface area contributed by atoms with Gasteiger partial charge in [0.15, 0.2) is 0 Å². The summed E-state index contributed by atoms with van der Waals surface area (Å²) in [5, 5.41) is 0. The van der Waals surface area contributed by atoms with Gasteiger partial charge in [-0.15, -0.1) is 0 Å². The van der Waals surface area contributed by atoms with Gasteiger partial charge in [-0.2, -0.15) is 0 Å². The Labute approximate surface area is 68.7 Å². The van der Waals surface area contributed by atoms with Gasteiger partial charge in [0, 0.05) is 24.7 Å². The molecule has 2 bridgehead atoms. The lowest BCUT2D eigenvalue weighted by molar-refractivity contribution is 0.168. The molecule has 1 aliphatic heterocycles. The number of likely N-dealkylation sites (tertiary alicyclic amines) is 1. The molecule has 1 saturated heterocycles. The van der Waals surface area contributed by atoms with E-state index < -0.39 is 0 Å². The summed E-state index contributed by atoms with van der Waals surface area (Å²) < 4.78 is 0. The second-order valence-electron chi connectivity index (χ2n) is 4.27. The first-order valence-corrected chi connectivity index (χ1v) is 4.71. The first kappa shape index (κ1) is 7.56. The smallest absolute Gasteiger partial charge is 0.0253 e. The largest absolute Gasteiger partial charge is 0.326 e. The average molecular weight is 154 g/mol. The Morgan fingerprint density at radius 3 is 2.36 bits per heavy atom. The van der Waals surface area contributed by atoms with E-state index in [1.165, 1.54) is 19.4 Å². The van der Waals surface area contributed by atoms with E-state index in [1.807, 2.05) is 0 Å². The standard InChI is InChI=1S/C9H18N2/c1-6(2)11-5-7-3-4-8(11)9(7)10/h6-9H,3-5,10H2,1-2H3/t7-,8-,9?/m1/s1. The maximum absolute atomic E-state index is 6.07. The Bertz CT molecular complexity index is 156. The van der Waals surface area contributed by atoms with Gasteiger partial charge in [-0.25, -0.2) is 0 Å². The maximum Gasteiger partial charge on any atom is 0.0253 e. The number of piperidine rings is 1. The average Bonchev–Trinajstić information content (AvgIpc) is 2.46. The second-order valence-corrected chi connectivity index (χ2v) is 4.27. The lowest BCUT2D eigenvalue weighted by Crippen LogP contribution is -2.41. The van der Waals surface area contributed by atoms with Gasteiger partial charge in [-0.3, -0.25) is 4.90 Å². The fraction of sp³-hybridized carbons (Fsp3) is 1.00. The van der Waals surface area contributed by atoms with Crippen molar-refractivity contribution in [1.29, 1.82) is 0 Å². The quantitative estimate of drug-likeness (QED) is 0.606. The molecule has 0 aromatic rings. The molecule has 2 heteroatoms. The summed E-state index contributed by atoms with van der Waals surface area (Å²) in [5.74, 6) is 0.808. The molecule has 1 unspecified atom stereocenters. The van der Waals surface area contributed by atoms with E-state index >= 15 is 0 Å². The number of hydrogen-bond acceptors (Lipinski definition) is 2. The SMILES string of the molecule is CC(C)N1C[C@H]2CC[C@@H]1C2N. The minimum absolute atomic E-state index is 0.484. The van der Waals surface area contributed by atoms with Crippen LogP contribution in [0.1, 0.15) is 26.7 Å². The van der Waals surface area contributed by atoms with E-state index in [4.69, 9.17) is 5.73 Å². The van der Waals surface area contributed by atoms with Gasteiger partial charge in [0.05, 0.1) is 0 Å². The summed E-state index contributed by atoms with van der Waals surface area (Å²) in [5.41, 5.74) is 6.07. The summed E-state index contributed by atoms with van der Waals surface area (Å²) in [4.78, 5) is 2.57. The van der Waals surface area contributed by atoms with Crippen LogP contribution in [0.4, 0.5) is 0 Å². The number of nitrogens with two attached hydrogens (primary N) is 1. The molecular formula is C9H18N2. The second kappa shape index (κ2) is 2.46. The molecule has 2 N–H and O–H groups in total. The van der Waals surface area contributed by atoms with E-state index in [-0.39, 0.29) is 0 Å². The van der Waals surface area contributed by atoms with Crippen LogP contribution in [0.2, 0.25) is 0 Å². The monoisotopic (exact) mass is 154 g/mol. The summed E-state index contributed by atoms with van der Waals surface area (Å²) in [6, 6.07) is 1.88. The third-order valence-electron chi connectivity index (χ3n) is 3.36. The molecule has 1 aliphatic carbocycles. The van der Waals surface area contributed by atoms with Crippen LogP contribution in [-0.4, -0.2) is 29.6 Å². The van der Waals surface area contributed by atoms with Crippen LogP contribution < -0.4 is 5.73 Å². The molecule has 2 rings (SSSR count). The molecule has 11 heavy (non-hydrogen) atoms. The van der Waals surface area contributed by atoms with Crippen LogP contribution in [0.3, 0.4) is 0 Å². The fourth-order valence-corrected chi connectivity index (χ4v) is 2.68. The molecule has 1 heterocycles. The Hall–Kier alpha value is -0.0800. The van der Waals surface area contributed by atoms with Crippen molar-refractivity contribution >= 4 is 0 Å². The van der Waals surface area contributed by atoms with E-state index in [0.717, 1.165) is 5.92 Å². The van der Waals surface area contributed by atoms with E-state index in [1.54, 1.807) is 0 Å². The number of fused-ring (bicyclic) bond motifs is 2. The van der Waals surface area contributed by atoms with Crippen molar-refractivity contribution in [3.63, 3.8) is 0 Å². The Balaban J connectivity index is 2.09. The van der Waals surface area contributed by atoms with Crippen molar-refractivity contribution in [3.8, 4) is 0 Å². The van der Waals surface area contributed by atoms with Gasteiger partial charge in [0.2, 0.25) is 0 Å². The fourth-order valence-electron chi connectivity index (χ4n) is 2.68. The zero-order valence-electron chi connectivity index (χ0n) is 7.46. The molecule has 0 spiro atoms. The van der Waals surface area contributed by atoms with Crippen molar-refractivity contribution < 1.29 is 0 Å². The molecule has 2 fully saturated rings. The highest BCUT2D eigenvalue weighted by Gasteiger charge is 2.45. The Morgan fingerprint density at radius 2 is 2.09 bits per heavy atom. The predicted molar refractivity (Wildman–Crippen MR) is 46.3 cm³/mol. The third kappa shape index (κ3) is 1.00. The molecule has 1 saturated carbocycles.